The van der Waals surface area contributed by atoms with E-state index in [4.69, 9.17) is 9.47 Å². The second kappa shape index (κ2) is 8.84. The zero-order valence-electron chi connectivity index (χ0n) is 14.7. The summed E-state index contributed by atoms with van der Waals surface area (Å²) >= 11 is 0. The molecule has 26 heavy (non-hydrogen) atoms. The Bertz CT molecular complexity index is 705. The van der Waals surface area contributed by atoms with Crippen LogP contribution < -0.4 is 10.1 Å². The van der Waals surface area contributed by atoms with Crippen molar-refractivity contribution in [2.24, 2.45) is 0 Å². The molecular weight excluding hydrogens is 342 g/mol. The van der Waals surface area contributed by atoms with Crippen LogP contribution in [0.3, 0.4) is 0 Å². The SMILES string of the molecule is COc1cccc(NC(=O)COC(=O)CCCN2C(=O)CN(C)C2=O)c1. The first-order chi connectivity index (χ1) is 12.4. The second-order valence-electron chi connectivity index (χ2n) is 5.73. The van der Waals surface area contributed by atoms with Gasteiger partial charge in [-0.05, 0) is 18.6 Å². The molecule has 4 amide bonds. The van der Waals surface area contributed by atoms with E-state index < -0.39 is 18.5 Å². The van der Waals surface area contributed by atoms with E-state index in [-0.39, 0.29) is 37.9 Å². The molecule has 1 saturated heterocycles. The van der Waals surface area contributed by atoms with Crippen LogP contribution in [-0.4, -0.2) is 67.5 Å². The van der Waals surface area contributed by atoms with Gasteiger partial charge in [-0.25, -0.2) is 4.79 Å². The summed E-state index contributed by atoms with van der Waals surface area (Å²) < 4.78 is 9.94. The number of nitrogens with one attached hydrogen (secondary N) is 1. The number of ether oxygens (including phenoxy) is 2. The highest BCUT2D eigenvalue weighted by Crippen LogP contribution is 2.16. The van der Waals surface area contributed by atoms with Gasteiger partial charge < -0.3 is 19.7 Å². The van der Waals surface area contributed by atoms with Crippen LogP contribution >= 0.6 is 0 Å². The average Bonchev–Trinajstić information content (AvgIpc) is 2.86. The average molecular weight is 363 g/mol. The third-order valence-corrected chi connectivity index (χ3v) is 3.71. The van der Waals surface area contributed by atoms with Crippen molar-refractivity contribution in [1.82, 2.24) is 9.80 Å². The second-order valence-corrected chi connectivity index (χ2v) is 5.73. The number of imide groups is 1. The Morgan fingerprint density at radius 3 is 2.69 bits per heavy atom. The number of likely N-dealkylation sites (N-methyl/N-ethyl adjacent to an activating group) is 1. The van der Waals surface area contributed by atoms with Gasteiger partial charge in [-0.1, -0.05) is 6.07 Å². The zero-order chi connectivity index (χ0) is 19.1. The molecule has 0 unspecified atom stereocenters. The molecule has 0 spiro atoms. The maximum absolute atomic E-state index is 11.8. The summed E-state index contributed by atoms with van der Waals surface area (Å²) in [6, 6.07) is 6.41. The number of hydrogen-bond donors (Lipinski definition) is 1. The highest BCUT2D eigenvalue weighted by molar-refractivity contribution is 6.01. The fourth-order valence-corrected chi connectivity index (χ4v) is 2.39. The Kier molecular flexibility index (Phi) is 6.54. The smallest absolute Gasteiger partial charge is 0.326 e. The lowest BCUT2D eigenvalue weighted by molar-refractivity contribution is -0.147. The summed E-state index contributed by atoms with van der Waals surface area (Å²) in [6.07, 6.45) is 0.287. The lowest BCUT2D eigenvalue weighted by atomic mass is 10.3. The number of benzene rings is 1. The van der Waals surface area contributed by atoms with Gasteiger partial charge in [0.1, 0.15) is 12.3 Å². The molecule has 9 heteroatoms. The van der Waals surface area contributed by atoms with Crippen molar-refractivity contribution < 1.29 is 28.7 Å². The van der Waals surface area contributed by atoms with Crippen LogP contribution in [-0.2, 0) is 19.1 Å². The molecule has 2 rings (SSSR count). The molecule has 1 aliphatic rings. The van der Waals surface area contributed by atoms with E-state index >= 15 is 0 Å². The van der Waals surface area contributed by atoms with Crippen molar-refractivity contribution in [2.45, 2.75) is 12.8 Å². The number of carbonyl (C=O) groups is 4. The molecule has 1 heterocycles. The van der Waals surface area contributed by atoms with Gasteiger partial charge in [-0.3, -0.25) is 19.3 Å². The van der Waals surface area contributed by atoms with Crippen LogP contribution in [0.15, 0.2) is 24.3 Å². The highest BCUT2D eigenvalue weighted by Gasteiger charge is 2.32. The Balaban J connectivity index is 1.67. The first-order valence-corrected chi connectivity index (χ1v) is 8.05. The van der Waals surface area contributed by atoms with Crippen molar-refractivity contribution in [2.75, 3.05) is 39.2 Å². The lowest BCUT2D eigenvalue weighted by Gasteiger charge is -2.13. The molecule has 1 N–H and O–H groups in total. The van der Waals surface area contributed by atoms with Gasteiger partial charge in [0.2, 0.25) is 5.91 Å². The molecular formula is C17H21N3O6. The number of nitrogens with zero attached hydrogens (tertiary/aromatic N) is 2. The lowest BCUT2D eigenvalue weighted by Crippen LogP contribution is -2.32. The van der Waals surface area contributed by atoms with Crippen molar-refractivity contribution in [3.05, 3.63) is 24.3 Å². The number of anilines is 1. The van der Waals surface area contributed by atoms with Crippen LogP contribution in [0.4, 0.5) is 10.5 Å². The Hall–Kier alpha value is -3.10. The van der Waals surface area contributed by atoms with Gasteiger partial charge in [0.15, 0.2) is 6.61 Å². The number of carbonyl (C=O) groups excluding carboxylic acids is 4. The van der Waals surface area contributed by atoms with E-state index in [1.54, 1.807) is 24.3 Å². The zero-order valence-corrected chi connectivity index (χ0v) is 14.7. The summed E-state index contributed by atoms with van der Waals surface area (Å²) in [5.41, 5.74) is 0.528. The van der Waals surface area contributed by atoms with Crippen molar-refractivity contribution in [3.63, 3.8) is 0 Å². The van der Waals surface area contributed by atoms with Crippen LogP contribution in [0.1, 0.15) is 12.8 Å². The minimum Gasteiger partial charge on any atom is -0.497 e. The molecule has 1 aromatic carbocycles. The molecule has 1 aromatic rings. The quantitative estimate of drug-likeness (QED) is 0.542. The predicted molar refractivity (Wildman–Crippen MR) is 91.6 cm³/mol. The molecule has 9 nitrogen and oxygen atoms in total. The topological polar surface area (TPSA) is 105 Å². The number of methoxy groups -OCH3 is 1. The minimum absolute atomic E-state index is 0.00716. The van der Waals surface area contributed by atoms with Crippen LogP contribution in [0.5, 0.6) is 5.75 Å². The molecule has 0 bridgehead atoms. The van der Waals surface area contributed by atoms with Crippen LogP contribution in [0.2, 0.25) is 0 Å². The van der Waals surface area contributed by atoms with E-state index in [9.17, 15) is 19.2 Å². The van der Waals surface area contributed by atoms with Gasteiger partial charge in [-0.15, -0.1) is 0 Å². The van der Waals surface area contributed by atoms with Gasteiger partial charge in [0, 0.05) is 31.8 Å². The first kappa shape index (κ1) is 19.2. The van der Waals surface area contributed by atoms with Crippen LogP contribution in [0.25, 0.3) is 0 Å². The Morgan fingerprint density at radius 2 is 2.04 bits per heavy atom. The third kappa shape index (κ3) is 5.20. The maximum Gasteiger partial charge on any atom is 0.326 e. The van der Waals surface area contributed by atoms with Crippen molar-refractivity contribution in [3.8, 4) is 5.75 Å². The molecule has 0 saturated carbocycles. The first-order valence-electron chi connectivity index (χ1n) is 8.05. The van der Waals surface area contributed by atoms with E-state index in [0.717, 1.165) is 4.90 Å². The maximum atomic E-state index is 11.8. The normalized spacial score (nSPS) is 13.8. The predicted octanol–water partition coefficient (Wildman–Crippen LogP) is 0.851. The summed E-state index contributed by atoms with van der Waals surface area (Å²) in [4.78, 5) is 49.1. The summed E-state index contributed by atoms with van der Waals surface area (Å²) in [6.45, 7) is -0.221. The van der Waals surface area contributed by atoms with Gasteiger partial charge in [0.25, 0.3) is 5.91 Å². The van der Waals surface area contributed by atoms with Crippen molar-refractivity contribution >= 4 is 29.5 Å². The van der Waals surface area contributed by atoms with E-state index in [0.29, 0.717) is 11.4 Å². The standard InChI is InChI=1S/C17H21N3O6/c1-19-10-15(22)20(17(19)24)8-4-7-16(23)26-11-14(21)18-12-5-3-6-13(9-12)25-2/h3,5-6,9H,4,7-8,10-11H2,1-2H3,(H,18,21). The van der Waals surface area contributed by atoms with E-state index in [2.05, 4.69) is 5.32 Å². The molecule has 0 aliphatic carbocycles. The number of amides is 4. The van der Waals surface area contributed by atoms with Gasteiger partial charge >= 0.3 is 12.0 Å². The fourth-order valence-electron chi connectivity index (χ4n) is 2.39. The largest absolute Gasteiger partial charge is 0.497 e. The summed E-state index contributed by atoms with van der Waals surface area (Å²) in [7, 11) is 3.06. The summed E-state index contributed by atoms with van der Waals surface area (Å²) in [5.74, 6) is -0.739. The fraction of sp³-hybridized carbons (Fsp3) is 0.412. The number of rotatable bonds is 8. The number of esters is 1. The molecule has 0 radical (unpaired) electrons. The minimum atomic E-state index is -0.571. The molecule has 0 atom stereocenters. The monoisotopic (exact) mass is 363 g/mol. The van der Waals surface area contributed by atoms with Gasteiger partial charge in [-0.2, -0.15) is 0 Å². The number of hydrogen-bond acceptors (Lipinski definition) is 6. The molecule has 140 valence electrons. The highest BCUT2D eigenvalue weighted by atomic mass is 16.5. The molecule has 1 aliphatic heterocycles. The Labute approximate surface area is 150 Å². The Morgan fingerprint density at radius 1 is 1.27 bits per heavy atom. The number of urea groups is 1. The summed E-state index contributed by atoms with van der Waals surface area (Å²) in [5, 5.41) is 2.59. The van der Waals surface area contributed by atoms with E-state index in [1.807, 2.05) is 0 Å². The molecule has 1 fully saturated rings. The third-order valence-electron chi connectivity index (χ3n) is 3.71. The van der Waals surface area contributed by atoms with E-state index in [1.165, 1.54) is 19.1 Å². The van der Waals surface area contributed by atoms with Crippen LogP contribution in [0, 0.1) is 0 Å². The van der Waals surface area contributed by atoms with Crippen molar-refractivity contribution in [1.29, 1.82) is 0 Å². The van der Waals surface area contributed by atoms with Gasteiger partial charge in [0.05, 0.1) is 7.11 Å². The molecule has 0 aromatic heterocycles.